The third-order valence-corrected chi connectivity index (χ3v) is 3.69. The van der Waals surface area contributed by atoms with Gasteiger partial charge in [0.2, 0.25) is 0 Å². The molecule has 0 aliphatic heterocycles. The van der Waals surface area contributed by atoms with E-state index in [0.717, 1.165) is 11.9 Å². The minimum Gasteiger partial charge on any atom is -0.392 e. The Morgan fingerprint density at radius 3 is 2.73 bits per heavy atom. The summed E-state index contributed by atoms with van der Waals surface area (Å²) >= 11 is 0. The lowest BCUT2D eigenvalue weighted by Gasteiger charge is -2.28. The molecule has 3 N–H and O–H groups in total. The van der Waals surface area contributed by atoms with Gasteiger partial charge < -0.3 is 20.3 Å². The molecule has 1 atom stereocenters. The Kier molecular flexibility index (Phi) is 5.44. The van der Waals surface area contributed by atoms with Crippen LogP contribution in [0.25, 0.3) is 10.9 Å². The first kappa shape index (κ1) is 16.4. The van der Waals surface area contributed by atoms with Gasteiger partial charge in [0.15, 0.2) is 0 Å². The molecule has 2 rings (SSSR count). The minimum absolute atomic E-state index is 0.0580. The fraction of sp³-hybridized carbons (Fsp3) is 0.471. The normalized spacial score (nSPS) is 12.6. The van der Waals surface area contributed by atoms with Gasteiger partial charge in [-0.05, 0) is 38.8 Å². The molecule has 1 heterocycles. The second-order valence-electron chi connectivity index (χ2n) is 5.94. The Hall–Kier alpha value is -2.01. The minimum atomic E-state index is -0.526. The second-order valence-corrected chi connectivity index (χ2v) is 5.94. The van der Waals surface area contributed by atoms with Gasteiger partial charge in [0, 0.05) is 36.2 Å². The third kappa shape index (κ3) is 4.01. The molecule has 1 aromatic carbocycles. The number of para-hydroxylation sites is 1. The quantitative estimate of drug-likeness (QED) is 0.767. The van der Waals surface area contributed by atoms with E-state index < -0.39 is 6.10 Å². The molecule has 0 radical (unpaired) electrons. The number of rotatable bonds is 6. The molecule has 22 heavy (non-hydrogen) atoms. The summed E-state index contributed by atoms with van der Waals surface area (Å²) in [6.07, 6.45) is 2.24. The number of carbonyl (C=O) groups excluding carboxylic acids is 1. The van der Waals surface area contributed by atoms with Gasteiger partial charge >= 0.3 is 6.03 Å². The summed E-state index contributed by atoms with van der Waals surface area (Å²) in [7, 11) is 0. The smallest absolute Gasteiger partial charge is 0.317 e. The van der Waals surface area contributed by atoms with Crippen molar-refractivity contribution < 1.29 is 9.90 Å². The summed E-state index contributed by atoms with van der Waals surface area (Å²) in [5.41, 5.74) is 2.31. The number of aliphatic hydroxyl groups is 1. The topological polar surface area (TPSA) is 68.4 Å². The van der Waals surface area contributed by atoms with Crippen molar-refractivity contribution in [2.45, 2.75) is 39.3 Å². The average Bonchev–Trinajstić information content (AvgIpc) is 2.87. The molecule has 0 aliphatic rings. The van der Waals surface area contributed by atoms with Crippen molar-refractivity contribution in [1.82, 2.24) is 15.2 Å². The van der Waals surface area contributed by atoms with Gasteiger partial charge in [-0.15, -0.1) is 0 Å². The number of fused-ring (bicyclic) bond motifs is 1. The third-order valence-electron chi connectivity index (χ3n) is 3.69. The highest BCUT2D eigenvalue weighted by atomic mass is 16.3. The Balaban J connectivity index is 1.91. The van der Waals surface area contributed by atoms with Crippen molar-refractivity contribution in [3.63, 3.8) is 0 Å². The van der Waals surface area contributed by atoms with Gasteiger partial charge in [-0.2, -0.15) is 0 Å². The number of H-pyrrole nitrogens is 1. The van der Waals surface area contributed by atoms with Crippen LogP contribution in [-0.4, -0.2) is 46.3 Å². The zero-order chi connectivity index (χ0) is 16.1. The number of amides is 2. The van der Waals surface area contributed by atoms with E-state index in [2.05, 4.69) is 16.4 Å². The number of urea groups is 1. The van der Waals surface area contributed by atoms with Crippen LogP contribution < -0.4 is 5.32 Å². The number of nitrogens with one attached hydrogen (secondary N) is 2. The van der Waals surface area contributed by atoms with E-state index in [4.69, 9.17) is 0 Å². The van der Waals surface area contributed by atoms with Crippen LogP contribution in [0.5, 0.6) is 0 Å². The molecule has 1 aromatic heterocycles. The summed E-state index contributed by atoms with van der Waals surface area (Å²) in [5.74, 6) is 0. The molecule has 5 heteroatoms. The molecule has 5 nitrogen and oxygen atoms in total. The molecular weight excluding hydrogens is 278 g/mol. The maximum atomic E-state index is 12.2. The summed E-state index contributed by atoms with van der Waals surface area (Å²) in [6, 6.07) is 8.07. The molecule has 1 unspecified atom stereocenters. The van der Waals surface area contributed by atoms with Gasteiger partial charge in [0.1, 0.15) is 0 Å². The first-order valence-corrected chi connectivity index (χ1v) is 7.76. The van der Waals surface area contributed by atoms with E-state index in [-0.39, 0.29) is 12.1 Å². The van der Waals surface area contributed by atoms with Crippen molar-refractivity contribution >= 4 is 16.9 Å². The fourth-order valence-electron chi connectivity index (χ4n) is 2.56. The van der Waals surface area contributed by atoms with E-state index in [1.807, 2.05) is 38.2 Å². The van der Waals surface area contributed by atoms with Crippen LogP contribution >= 0.6 is 0 Å². The van der Waals surface area contributed by atoms with Crippen molar-refractivity contribution in [3.05, 3.63) is 36.0 Å². The van der Waals surface area contributed by atoms with Crippen molar-refractivity contribution in [1.29, 1.82) is 0 Å². The number of nitrogens with zero attached hydrogens (tertiary/aromatic N) is 1. The van der Waals surface area contributed by atoms with Crippen molar-refractivity contribution in [2.24, 2.45) is 0 Å². The average molecular weight is 303 g/mol. The van der Waals surface area contributed by atoms with Gasteiger partial charge in [0.05, 0.1) is 6.10 Å². The van der Waals surface area contributed by atoms with Crippen LogP contribution in [0.3, 0.4) is 0 Å². The first-order chi connectivity index (χ1) is 10.5. The Labute approximate surface area is 131 Å². The van der Waals surface area contributed by atoms with Crippen LogP contribution in [-0.2, 0) is 6.42 Å². The molecule has 120 valence electrons. The molecule has 0 spiro atoms. The van der Waals surface area contributed by atoms with E-state index in [9.17, 15) is 9.90 Å². The summed E-state index contributed by atoms with van der Waals surface area (Å²) in [4.78, 5) is 17.1. The number of hydrogen-bond acceptors (Lipinski definition) is 2. The second kappa shape index (κ2) is 7.31. The lowest BCUT2D eigenvalue weighted by atomic mass is 10.1. The van der Waals surface area contributed by atoms with Crippen LogP contribution in [0.4, 0.5) is 4.79 Å². The number of hydrogen-bond donors (Lipinski definition) is 3. The molecule has 0 aliphatic carbocycles. The molecule has 0 saturated carbocycles. The van der Waals surface area contributed by atoms with Gasteiger partial charge in [-0.25, -0.2) is 4.79 Å². The lowest BCUT2D eigenvalue weighted by molar-refractivity contribution is 0.119. The number of aliphatic hydroxyl groups excluding tert-OH is 1. The highest BCUT2D eigenvalue weighted by molar-refractivity contribution is 5.83. The predicted molar refractivity (Wildman–Crippen MR) is 88.9 cm³/mol. The van der Waals surface area contributed by atoms with Gasteiger partial charge in [0.25, 0.3) is 0 Å². The molecular formula is C17H25N3O2. The van der Waals surface area contributed by atoms with E-state index in [0.29, 0.717) is 13.1 Å². The Morgan fingerprint density at radius 2 is 2.05 bits per heavy atom. The highest BCUT2D eigenvalue weighted by Crippen LogP contribution is 2.17. The molecule has 0 bridgehead atoms. The van der Waals surface area contributed by atoms with E-state index >= 15 is 0 Å². The zero-order valence-electron chi connectivity index (χ0n) is 13.5. The molecule has 0 saturated heterocycles. The maximum Gasteiger partial charge on any atom is 0.317 e. The first-order valence-electron chi connectivity index (χ1n) is 7.76. The fourth-order valence-corrected chi connectivity index (χ4v) is 2.56. The van der Waals surface area contributed by atoms with Crippen LogP contribution in [0.1, 0.15) is 26.3 Å². The van der Waals surface area contributed by atoms with E-state index in [1.165, 1.54) is 10.9 Å². The van der Waals surface area contributed by atoms with Gasteiger partial charge in [-0.3, -0.25) is 0 Å². The Bertz CT molecular complexity index is 619. The maximum absolute atomic E-state index is 12.2. The summed E-state index contributed by atoms with van der Waals surface area (Å²) in [6.45, 7) is 6.50. The van der Waals surface area contributed by atoms with Crippen LogP contribution in [0.2, 0.25) is 0 Å². The summed E-state index contributed by atoms with van der Waals surface area (Å²) < 4.78 is 0. The largest absolute Gasteiger partial charge is 0.392 e. The standard InChI is InChI=1S/C17H25N3O2/c1-12(2)20(11-13(3)21)17(22)18-9-8-14-10-19-16-7-5-4-6-15(14)16/h4-7,10,12-13,19,21H,8-9,11H2,1-3H3,(H,18,22). The number of benzene rings is 1. The number of carbonyl (C=O) groups is 1. The van der Waals surface area contributed by atoms with Crippen LogP contribution in [0.15, 0.2) is 30.5 Å². The SMILES string of the molecule is CC(O)CN(C(=O)NCCc1c[nH]c2ccccc12)C(C)C. The Morgan fingerprint density at radius 1 is 1.32 bits per heavy atom. The number of aromatic amines is 1. The predicted octanol–water partition coefficient (Wildman–Crippen LogP) is 2.51. The molecule has 2 amide bonds. The van der Waals surface area contributed by atoms with Gasteiger partial charge in [-0.1, -0.05) is 18.2 Å². The van der Waals surface area contributed by atoms with Crippen molar-refractivity contribution in [2.75, 3.05) is 13.1 Å². The van der Waals surface area contributed by atoms with E-state index in [1.54, 1.807) is 11.8 Å². The molecule has 2 aromatic rings. The molecule has 0 fully saturated rings. The highest BCUT2D eigenvalue weighted by Gasteiger charge is 2.18. The monoisotopic (exact) mass is 303 g/mol. The van der Waals surface area contributed by atoms with Crippen LogP contribution in [0, 0.1) is 0 Å². The summed E-state index contributed by atoms with van der Waals surface area (Å²) in [5, 5.41) is 13.6. The van der Waals surface area contributed by atoms with Crippen molar-refractivity contribution in [3.8, 4) is 0 Å². The lowest BCUT2D eigenvalue weighted by Crippen LogP contribution is -2.47. The zero-order valence-corrected chi connectivity index (χ0v) is 13.5. The number of aromatic nitrogens is 1.